The highest BCUT2D eigenvalue weighted by Crippen LogP contribution is 2.49. The van der Waals surface area contributed by atoms with Gasteiger partial charge in [-0.2, -0.15) is 0 Å². The molecule has 160 valence electrons. The van der Waals surface area contributed by atoms with Crippen LogP contribution < -0.4 is 10.9 Å². The van der Waals surface area contributed by atoms with Gasteiger partial charge in [0.05, 0.1) is 12.1 Å². The van der Waals surface area contributed by atoms with Gasteiger partial charge >= 0.3 is 0 Å². The van der Waals surface area contributed by atoms with Crippen LogP contribution in [-0.2, 0) is 9.53 Å². The summed E-state index contributed by atoms with van der Waals surface area (Å²) >= 11 is 3.58. The molecule has 3 N–H and O–H groups in total. The van der Waals surface area contributed by atoms with Crippen LogP contribution >= 0.6 is 15.9 Å². The highest BCUT2D eigenvalue weighted by atomic mass is 79.9. The predicted octanol–water partition coefficient (Wildman–Crippen LogP) is 3.53. The van der Waals surface area contributed by atoms with E-state index in [0.29, 0.717) is 13.2 Å². The third-order valence-electron chi connectivity index (χ3n) is 6.33. The van der Waals surface area contributed by atoms with Crippen molar-refractivity contribution in [2.45, 2.75) is 38.4 Å². The Morgan fingerprint density at radius 2 is 1.87 bits per heavy atom. The van der Waals surface area contributed by atoms with Gasteiger partial charge in [0.25, 0.3) is 0 Å². The fourth-order valence-corrected chi connectivity index (χ4v) is 5.17. The predicted molar refractivity (Wildman–Crippen MR) is 119 cm³/mol. The first-order valence-electron chi connectivity index (χ1n) is 10.3. The second-order valence-electron chi connectivity index (χ2n) is 8.19. The lowest BCUT2D eigenvalue weighted by Gasteiger charge is -2.31. The van der Waals surface area contributed by atoms with E-state index in [1.54, 1.807) is 13.2 Å². The Hall–Kier alpha value is -1.93. The summed E-state index contributed by atoms with van der Waals surface area (Å²) in [6, 6.07) is 11.3. The molecule has 0 saturated carbocycles. The molecular formula is C23H28BrN3O3. The average molecular weight is 474 g/mol. The first-order valence-corrected chi connectivity index (χ1v) is 11.1. The Balaban J connectivity index is 1.76. The van der Waals surface area contributed by atoms with E-state index in [0.717, 1.165) is 33.1 Å². The van der Waals surface area contributed by atoms with Gasteiger partial charge in [-0.1, -0.05) is 34.1 Å². The fourth-order valence-electron chi connectivity index (χ4n) is 4.76. The number of amides is 1. The van der Waals surface area contributed by atoms with Crippen molar-refractivity contribution in [1.29, 1.82) is 0 Å². The molecule has 30 heavy (non-hydrogen) atoms. The molecule has 1 amide bonds. The number of carbonyl (C=O) groups excluding carboxylic acids is 1. The van der Waals surface area contributed by atoms with Gasteiger partial charge in [-0.05, 0) is 55.2 Å². The van der Waals surface area contributed by atoms with E-state index < -0.39 is 0 Å². The molecule has 0 bridgehead atoms. The van der Waals surface area contributed by atoms with Crippen molar-refractivity contribution in [3.05, 3.63) is 63.1 Å². The molecular weight excluding hydrogens is 446 g/mol. The van der Waals surface area contributed by atoms with Gasteiger partial charge in [-0.3, -0.25) is 4.79 Å². The second kappa shape index (κ2) is 8.67. The molecule has 2 aliphatic heterocycles. The molecule has 0 aliphatic carbocycles. The van der Waals surface area contributed by atoms with E-state index in [2.05, 4.69) is 38.9 Å². The number of ether oxygens (including phenoxy) is 1. The van der Waals surface area contributed by atoms with Crippen molar-refractivity contribution < 1.29 is 14.6 Å². The summed E-state index contributed by atoms with van der Waals surface area (Å²) in [5, 5.41) is 10.7. The standard InChI is InChI=1S/C23H28BrN3O3/c1-13-10-17(18(28)11-14(13)2)20-19-21(26-25-20)23(29)27(8-5-9-30-3)22(19)15-6-4-7-16(24)12-15/h4,6-7,10-12,19-22,25-26,28H,5,8-9H2,1-3H3. The van der Waals surface area contributed by atoms with E-state index in [9.17, 15) is 9.90 Å². The van der Waals surface area contributed by atoms with Crippen molar-refractivity contribution in [3.63, 3.8) is 0 Å². The number of hydrogen-bond donors (Lipinski definition) is 3. The van der Waals surface area contributed by atoms with Crippen LogP contribution in [0.4, 0.5) is 0 Å². The normalized spacial score (nSPS) is 25.7. The minimum absolute atomic E-state index is 0.0534. The maximum Gasteiger partial charge on any atom is 0.242 e. The van der Waals surface area contributed by atoms with E-state index in [1.165, 1.54) is 0 Å². The number of nitrogens with one attached hydrogen (secondary N) is 2. The number of rotatable bonds is 6. The SMILES string of the molecule is COCCCN1C(=O)C2NNC(c3cc(C)c(C)cc3O)C2C1c1cccc(Br)c1. The van der Waals surface area contributed by atoms with E-state index in [1.807, 2.05) is 36.9 Å². The highest BCUT2D eigenvalue weighted by Gasteiger charge is 2.55. The number of benzene rings is 2. The number of aromatic hydroxyl groups is 1. The quantitative estimate of drug-likeness (QED) is 0.559. The van der Waals surface area contributed by atoms with Crippen LogP contribution in [0.5, 0.6) is 5.75 Å². The van der Waals surface area contributed by atoms with Gasteiger partial charge in [-0.25, -0.2) is 10.9 Å². The number of likely N-dealkylation sites (tertiary alicyclic amines) is 1. The van der Waals surface area contributed by atoms with Crippen molar-refractivity contribution in [2.75, 3.05) is 20.3 Å². The van der Waals surface area contributed by atoms with Crippen molar-refractivity contribution in [1.82, 2.24) is 15.8 Å². The summed E-state index contributed by atoms with van der Waals surface area (Å²) in [5.41, 5.74) is 10.6. The molecule has 4 unspecified atom stereocenters. The van der Waals surface area contributed by atoms with Crippen LogP contribution in [0.15, 0.2) is 40.9 Å². The van der Waals surface area contributed by atoms with Crippen molar-refractivity contribution in [2.24, 2.45) is 5.92 Å². The van der Waals surface area contributed by atoms with Gasteiger partial charge in [-0.15, -0.1) is 0 Å². The monoisotopic (exact) mass is 473 g/mol. The number of nitrogens with zero attached hydrogens (tertiary/aromatic N) is 1. The van der Waals surface area contributed by atoms with Crippen LogP contribution in [0.2, 0.25) is 0 Å². The van der Waals surface area contributed by atoms with Gasteiger partial charge in [0.1, 0.15) is 11.8 Å². The number of phenols is 1. The molecule has 4 atom stereocenters. The van der Waals surface area contributed by atoms with Gasteiger partial charge in [0.2, 0.25) is 5.91 Å². The van der Waals surface area contributed by atoms with Crippen LogP contribution in [0.3, 0.4) is 0 Å². The summed E-state index contributed by atoms with van der Waals surface area (Å²) in [7, 11) is 1.68. The van der Waals surface area contributed by atoms with E-state index >= 15 is 0 Å². The number of aryl methyl sites for hydroxylation is 2. The lowest BCUT2D eigenvalue weighted by atomic mass is 9.82. The lowest BCUT2D eigenvalue weighted by molar-refractivity contribution is -0.131. The minimum atomic E-state index is -0.345. The molecule has 0 aromatic heterocycles. The molecule has 2 aliphatic rings. The molecule has 2 heterocycles. The first kappa shape index (κ1) is 21.3. The largest absolute Gasteiger partial charge is 0.508 e. The lowest BCUT2D eigenvalue weighted by Crippen LogP contribution is -2.41. The number of halogens is 1. The van der Waals surface area contributed by atoms with Crippen LogP contribution in [0.25, 0.3) is 0 Å². The smallest absolute Gasteiger partial charge is 0.242 e. The van der Waals surface area contributed by atoms with Gasteiger partial charge in [0, 0.05) is 36.2 Å². The van der Waals surface area contributed by atoms with Crippen molar-refractivity contribution >= 4 is 21.8 Å². The number of hydrogen-bond acceptors (Lipinski definition) is 5. The zero-order chi connectivity index (χ0) is 21.4. The summed E-state index contributed by atoms with van der Waals surface area (Å²) in [4.78, 5) is 15.3. The summed E-state index contributed by atoms with van der Waals surface area (Å²) in [5.74, 6) is 0.290. The summed E-state index contributed by atoms with van der Waals surface area (Å²) in [6.07, 6.45) is 0.777. The Kier molecular flexibility index (Phi) is 6.16. The first-order chi connectivity index (χ1) is 14.4. The molecule has 7 heteroatoms. The number of methoxy groups -OCH3 is 1. The number of hydrazine groups is 1. The third-order valence-corrected chi connectivity index (χ3v) is 6.82. The molecule has 2 aromatic rings. The molecule has 4 rings (SSSR count). The average Bonchev–Trinajstić information content (AvgIpc) is 3.24. The highest BCUT2D eigenvalue weighted by molar-refractivity contribution is 9.10. The van der Waals surface area contributed by atoms with Crippen LogP contribution in [0, 0.1) is 19.8 Å². The van der Waals surface area contributed by atoms with Crippen LogP contribution in [0.1, 0.15) is 40.8 Å². The molecule has 0 radical (unpaired) electrons. The van der Waals surface area contributed by atoms with E-state index in [-0.39, 0.29) is 35.7 Å². The Morgan fingerprint density at radius 1 is 1.13 bits per heavy atom. The molecule has 2 saturated heterocycles. The molecule has 0 spiro atoms. The maximum atomic E-state index is 13.3. The third kappa shape index (κ3) is 3.75. The summed E-state index contributed by atoms with van der Waals surface area (Å²) < 4.78 is 6.20. The van der Waals surface area contributed by atoms with Crippen molar-refractivity contribution in [3.8, 4) is 5.75 Å². The Bertz CT molecular complexity index is 951. The zero-order valence-corrected chi connectivity index (χ0v) is 19.1. The zero-order valence-electron chi connectivity index (χ0n) is 17.5. The maximum absolute atomic E-state index is 13.3. The number of phenolic OH excluding ortho intramolecular Hbond substituents is 1. The number of carbonyl (C=O) groups is 1. The Morgan fingerprint density at radius 3 is 2.60 bits per heavy atom. The van der Waals surface area contributed by atoms with Gasteiger partial charge in [0.15, 0.2) is 0 Å². The topological polar surface area (TPSA) is 73.8 Å². The van der Waals surface area contributed by atoms with Gasteiger partial charge < -0.3 is 14.7 Å². The fraction of sp³-hybridized carbons (Fsp3) is 0.435. The molecule has 6 nitrogen and oxygen atoms in total. The Labute approximate surface area is 185 Å². The molecule has 2 fully saturated rings. The second-order valence-corrected chi connectivity index (χ2v) is 9.11. The summed E-state index contributed by atoms with van der Waals surface area (Å²) in [6.45, 7) is 5.27. The molecule has 2 aromatic carbocycles. The van der Waals surface area contributed by atoms with Crippen LogP contribution in [-0.4, -0.2) is 42.2 Å². The number of fused-ring (bicyclic) bond motifs is 1. The van der Waals surface area contributed by atoms with E-state index in [4.69, 9.17) is 4.74 Å². The minimum Gasteiger partial charge on any atom is -0.508 e.